The highest BCUT2D eigenvalue weighted by Gasteiger charge is 2.23. The molecule has 25 heavy (non-hydrogen) atoms. The molecule has 1 fully saturated rings. The number of carbonyl (C=O) groups excluding carboxylic acids is 1. The van der Waals surface area contributed by atoms with Gasteiger partial charge in [0.2, 0.25) is 11.7 Å². The lowest BCUT2D eigenvalue weighted by Gasteiger charge is -2.31. The molecule has 1 aromatic carbocycles. The number of nitrogens with zero attached hydrogens (tertiary/aromatic N) is 5. The van der Waals surface area contributed by atoms with E-state index in [-0.39, 0.29) is 12.5 Å². The van der Waals surface area contributed by atoms with Gasteiger partial charge >= 0.3 is 0 Å². The standard InChI is InChI=1S/C17H23ClN6O/c1-2-19-11-13-7-9-23(10-8-13)16(25)12-24-21-17(20-22-24)14-3-5-15(18)6-4-14/h3-6,13,19H,2,7-12H2,1H3. The second kappa shape index (κ2) is 8.40. The van der Waals surface area contributed by atoms with E-state index in [1.807, 2.05) is 17.0 Å². The first-order chi connectivity index (χ1) is 12.2. The maximum absolute atomic E-state index is 12.4. The second-order valence-electron chi connectivity index (χ2n) is 6.28. The van der Waals surface area contributed by atoms with Crippen LogP contribution < -0.4 is 5.32 Å². The lowest BCUT2D eigenvalue weighted by Crippen LogP contribution is -2.42. The van der Waals surface area contributed by atoms with Crippen LogP contribution in [0.15, 0.2) is 24.3 Å². The topological polar surface area (TPSA) is 75.9 Å². The molecule has 1 saturated heterocycles. The highest BCUT2D eigenvalue weighted by molar-refractivity contribution is 6.30. The number of hydrogen-bond donors (Lipinski definition) is 1. The number of aromatic nitrogens is 4. The minimum atomic E-state index is 0.0435. The highest BCUT2D eigenvalue weighted by atomic mass is 35.5. The predicted molar refractivity (Wildman–Crippen MR) is 96.1 cm³/mol. The summed E-state index contributed by atoms with van der Waals surface area (Å²) in [5.74, 6) is 1.20. The van der Waals surface area contributed by atoms with Gasteiger partial charge in [-0.1, -0.05) is 18.5 Å². The lowest BCUT2D eigenvalue weighted by atomic mass is 9.97. The molecule has 0 aliphatic carbocycles. The third-order valence-electron chi connectivity index (χ3n) is 4.48. The van der Waals surface area contributed by atoms with Gasteiger partial charge in [0.1, 0.15) is 6.54 Å². The van der Waals surface area contributed by atoms with Gasteiger partial charge in [0.15, 0.2) is 0 Å². The molecule has 8 heteroatoms. The summed E-state index contributed by atoms with van der Waals surface area (Å²) < 4.78 is 0. The number of nitrogens with one attached hydrogen (secondary N) is 1. The fourth-order valence-corrected chi connectivity index (χ4v) is 3.11. The normalized spacial score (nSPS) is 15.5. The van der Waals surface area contributed by atoms with E-state index in [9.17, 15) is 4.79 Å². The molecule has 0 saturated carbocycles. The van der Waals surface area contributed by atoms with Crippen molar-refractivity contribution in [3.8, 4) is 11.4 Å². The van der Waals surface area contributed by atoms with Gasteiger partial charge in [-0.3, -0.25) is 4.79 Å². The SMILES string of the molecule is CCNCC1CCN(C(=O)Cn2nnc(-c3ccc(Cl)cc3)n2)CC1. The summed E-state index contributed by atoms with van der Waals surface area (Å²) in [6, 6.07) is 7.22. The predicted octanol–water partition coefficient (Wildman–Crippen LogP) is 1.84. The summed E-state index contributed by atoms with van der Waals surface area (Å²) in [5, 5.41) is 16.3. The van der Waals surface area contributed by atoms with Crippen LogP contribution in [0.25, 0.3) is 11.4 Å². The first-order valence-electron chi connectivity index (χ1n) is 8.68. The third-order valence-corrected chi connectivity index (χ3v) is 4.73. The van der Waals surface area contributed by atoms with E-state index >= 15 is 0 Å². The molecular formula is C17H23ClN6O. The zero-order valence-electron chi connectivity index (χ0n) is 14.4. The largest absolute Gasteiger partial charge is 0.341 e. The summed E-state index contributed by atoms with van der Waals surface area (Å²) >= 11 is 5.88. The Kier molecular flexibility index (Phi) is 5.99. The Hall–Kier alpha value is -1.99. The first-order valence-corrected chi connectivity index (χ1v) is 9.05. The van der Waals surface area contributed by atoms with Crippen LogP contribution in [0.3, 0.4) is 0 Å². The van der Waals surface area contributed by atoms with E-state index in [0.29, 0.717) is 16.8 Å². The van der Waals surface area contributed by atoms with Crippen molar-refractivity contribution in [3.05, 3.63) is 29.3 Å². The van der Waals surface area contributed by atoms with E-state index in [0.717, 1.165) is 44.6 Å². The van der Waals surface area contributed by atoms with Gasteiger partial charge in [0.25, 0.3) is 0 Å². The molecule has 0 spiro atoms. The van der Waals surface area contributed by atoms with E-state index in [4.69, 9.17) is 11.6 Å². The molecule has 2 aromatic rings. The quantitative estimate of drug-likeness (QED) is 0.848. The van der Waals surface area contributed by atoms with Crippen LogP contribution in [0.2, 0.25) is 5.02 Å². The van der Waals surface area contributed by atoms with Gasteiger partial charge in [0, 0.05) is 23.7 Å². The van der Waals surface area contributed by atoms with Gasteiger partial charge in [0.05, 0.1) is 0 Å². The van der Waals surface area contributed by atoms with Crippen molar-refractivity contribution < 1.29 is 4.79 Å². The monoisotopic (exact) mass is 362 g/mol. The molecular weight excluding hydrogens is 340 g/mol. The van der Waals surface area contributed by atoms with Crippen LogP contribution in [-0.4, -0.2) is 57.2 Å². The number of benzene rings is 1. The molecule has 0 atom stereocenters. The molecule has 7 nitrogen and oxygen atoms in total. The van der Waals surface area contributed by atoms with Crippen molar-refractivity contribution in [2.75, 3.05) is 26.2 Å². The molecule has 1 aliphatic heterocycles. The Labute approximate surface area is 152 Å². The molecule has 0 unspecified atom stereocenters. The van der Waals surface area contributed by atoms with Crippen molar-refractivity contribution in [1.82, 2.24) is 30.4 Å². The molecule has 3 rings (SSSR count). The smallest absolute Gasteiger partial charge is 0.246 e. The van der Waals surface area contributed by atoms with Crippen LogP contribution in [0.4, 0.5) is 0 Å². The number of hydrogen-bond acceptors (Lipinski definition) is 5. The second-order valence-corrected chi connectivity index (χ2v) is 6.72. The fourth-order valence-electron chi connectivity index (χ4n) is 2.98. The summed E-state index contributed by atoms with van der Waals surface area (Å²) in [6.45, 7) is 5.86. The van der Waals surface area contributed by atoms with E-state index < -0.39 is 0 Å². The summed E-state index contributed by atoms with van der Waals surface area (Å²) in [4.78, 5) is 15.7. The van der Waals surface area contributed by atoms with Crippen LogP contribution >= 0.6 is 11.6 Å². The Morgan fingerprint density at radius 1 is 1.28 bits per heavy atom. The van der Waals surface area contributed by atoms with Crippen LogP contribution in [0.5, 0.6) is 0 Å². The minimum Gasteiger partial charge on any atom is -0.341 e. The van der Waals surface area contributed by atoms with Gasteiger partial charge in [-0.15, -0.1) is 10.2 Å². The summed E-state index contributed by atoms with van der Waals surface area (Å²) in [5.41, 5.74) is 0.826. The van der Waals surface area contributed by atoms with Crippen molar-refractivity contribution in [1.29, 1.82) is 0 Å². The van der Waals surface area contributed by atoms with Crippen molar-refractivity contribution in [3.63, 3.8) is 0 Å². The zero-order chi connectivity index (χ0) is 17.6. The Balaban J connectivity index is 1.53. The number of rotatable bonds is 6. The maximum atomic E-state index is 12.4. The average Bonchev–Trinajstić information content (AvgIpc) is 3.09. The molecule has 1 amide bonds. The van der Waals surface area contributed by atoms with Crippen molar-refractivity contribution in [2.45, 2.75) is 26.3 Å². The Morgan fingerprint density at radius 3 is 2.68 bits per heavy atom. The number of carbonyl (C=O) groups is 1. The number of halogens is 1. The van der Waals surface area contributed by atoms with Gasteiger partial charge < -0.3 is 10.2 Å². The molecule has 134 valence electrons. The van der Waals surface area contributed by atoms with Crippen molar-refractivity contribution in [2.24, 2.45) is 5.92 Å². The van der Waals surface area contributed by atoms with Crippen LogP contribution in [0, 0.1) is 5.92 Å². The molecule has 0 bridgehead atoms. The molecule has 0 radical (unpaired) electrons. The average molecular weight is 363 g/mol. The van der Waals surface area contributed by atoms with Crippen molar-refractivity contribution >= 4 is 17.5 Å². The molecule has 1 N–H and O–H groups in total. The van der Waals surface area contributed by atoms with Gasteiger partial charge in [-0.25, -0.2) is 0 Å². The highest BCUT2D eigenvalue weighted by Crippen LogP contribution is 2.18. The zero-order valence-corrected chi connectivity index (χ0v) is 15.1. The Bertz CT molecular complexity index is 693. The maximum Gasteiger partial charge on any atom is 0.246 e. The molecule has 1 aliphatic rings. The van der Waals surface area contributed by atoms with Crippen LogP contribution in [0.1, 0.15) is 19.8 Å². The number of amides is 1. The number of piperidine rings is 1. The molecule has 1 aromatic heterocycles. The fraction of sp³-hybridized carbons (Fsp3) is 0.529. The molecule has 2 heterocycles. The van der Waals surface area contributed by atoms with Crippen LogP contribution in [-0.2, 0) is 11.3 Å². The lowest BCUT2D eigenvalue weighted by molar-refractivity contribution is -0.133. The van der Waals surface area contributed by atoms with E-state index in [1.54, 1.807) is 12.1 Å². The van der Waals surface area contributed by atoms with E-state index in [1.165, 1.54) is 4.80 Å². The Morgan fingerprint density at radius 2 is 2.00 bits per heavy atom. The number of likely N-dealkylation sites (tertiary alicyclic amines) is 1. The van der Waals surface area contributed by atoms with E-state index in [2.05, 4.69) is 27.7 Å². The van der Waals surface area contributed by atoms with Gasteiger partial charge in [-0.05, 0) is 61.3 Å². The summed E-state index contributed by atoms with van der Waals surface area (Å²) in [7, 11) is 0. The number of tetrazole rings is 1. The third kappa shape index (κ3) is 4.76. The minimum absolute atomic E-state index is 0.0435. The van der Waals surface area contributed by atoms with Gasteiger partial charge in [-0.2, -0.15) is 4.80 Å². The first kappa shape index (κ1) is 17.8. The summed E-state index contributed by atoms with van der Waals surface area (Å²) in [6.07, 6.45) is 2.08.